The molecule has 6 heteroatoms. The number of para-hydroxylation sites is 1. The van der Waals surface area contributed by atoms with E-state index in [0.29, 0.717) is 18.8 Å². The standard InChI is InChI=1S/C26H36N4O2/c1-26(25(32)27-21-11-4-2-3-5-12-21)19-29-22-13-7-6-10-20(22)18-23(29)24(31)30(26)17-16-28-14-8-9-15-28/h6-7,10,13,18,21H,2-5,8-9,11-12,14-17,19H2,1H3,(H,27,32). The summed E-state index contributed by atoms with van der Waals surface area (Å²) in [5.41, 5.74) is 0.841. The minimum atomic E-state index is -0.891. The van der Waals surface area contributed by atoms with Gasteiger partial charge in [0.05, 0.1) is 6.54 Å². The Hall–Kier alpha value is -2.34. The molecule has 3 aliphatic rings. The van der Waals surface area contributed by atoms with Crippen LogP contribution in [0.25, 0.3) is 10.9 Å². The molecule has 1 saturated heterocycles. The second kappa shape index (κ2) is 8.89. The van der Waals surface area contributed by atoms with Crippen molar-refractivity contribution in [2.75, 3.05) is 26.2 Å². The molecule has 0 radical (unpaired) electrons. The number of hydrogen-bond acceptors (Lipinski definition) is 3. The number of carbonyl (C=O) groups excluding carboxylic acids is 2. The third-order valence-corrected chi connectivity index (χ3v) is 7.85. The summed E-state index contributed by atoms with van der Waals surface area (Å²) in [6.45, 7) is 6.08. The van der Waals surface area contributed by atoms with E-state index in [0.717, 1.165) is 43.4 Å². The lowest BCUT2D eigenvalue weighted by Gasteiger charge is -2.45. The number of aromatic nitrogens is 1. The normalized spacial score (nSPS) is 25.2. The Labute approximate surface area is 190 Å². The Bertz CT molecular complexity index is 985. The van der Waals surface area contributed by atoms with E-state index < -0.39 is 5.54 Å². The number of nitrogens with zero attached hydrogens (tertiary/aromatic N) is 3. The molecule has 172 valence electrons. The smallest absolute Gasteiger partial charge is 0.271 e. The minimum Gasteiger partial charge on any atom is -0.351 e. The number of hydrogen-bond donors (Lipinski definition) is 1. The maximum Gasteiger partial charge on any atom is 0.271 e. The molecule has 1 N–H and O–H groups in total. The first kappa shape index (κ1) is 21.5. The van der Waals surface area contributed by atoms with Crippen molar-refractivity contribution < 1.29 is 9.59 Å². The molecule has 1 aromatic carbocycles. The molecule has 5 rings (SSSR count). The van der Waals surface area contributed by atoms with Crippen LogP contribution in [0.5, 0.6) is 0 Å². The average molecular weight is 437 g/mol. The van der Waals surface area contributed by atoms with Crippen molar-refractivity contribution in [3.63, 3.8) is 0 Å². The van der Waals surface area contributed by atoms with Crippen LogP contribution in [-0.2, 0) is 11.3 Å². The van der Waals surface area contributed by atoms with Gasteiger partial charge in [0, 0.05) is 30.0 Å². The second-order valence-corrected chi connectivity index (χ2v) is 10.1. The molecule has 1 atom stereocenters. The first-order chi connectivity index (χ1) is 15.6. The van der Waals surface area contributed by atoms with Gasteiger partial charge in [-0.3, -0.25) is 9.59 Å². The molecule has 1 aromatic heterocycles. The SMILES string of the molecule is CC1(C(=O)NC2CCCCCC2)Cn2c(cc3ccccc32)C(=O)N1CCN1CCCC1. The molecule has 3 heterocycles. The third-order valence-electron chi connectivity index (χ3n) is 7.85. The summed E-state index contributed by atoms with van der Waals surface area (Å²) in [5, 5.41) is 4.42. The van der Waals surface area contributed by atoms with Crippen molar-refractivity contribution in [2.24, 2.45) is 0 Å². The van der Waals surface area contributed by atoms with Gasteiger partial charge in [0.15, 0.2) is 0 Å². The lowest BCUT2D eigenvalue weighted by Crippen LogP contribution is -2.65. The lowest BCUT2D eigenvalue weighted by molar-refractivity contribution is -0.133. The quantitative estimate of drug-likeness (QED) is 0.726. The van der Waals surface area contributed by atoms with Gasteiger partial charge >= 0.3 is 0 Å². The maximum absolute atomic E-state index is 13.8. The molecule has 32 heavy (non-hydrogen) atoms. The first-order valence-electron chi connectivity index (χ1n) is 12.5. The Morgan fingerprint density at radius 2 is 1.75 bits per heavy atom. The number of likely N-dealkylation sites (tertiary alicyclic amines) is 1. The summed E-state index contributed by atoms with van der Waals surface area (Å²) in [6.07, 6.45) is 9.38. The van der Waals surface area contributed by atoms with Crippen molar-refractivity contribution in [3.05, 3.63) is 36.0 Å². The van der Waals surface area contributed by atoms with Crippen LogP contribution in [0.15, 0.2) is 30.3 Å². The fourth-order valence-electron chi connectivity index (χ4n) is 5.87. The maximum atomic E-state index is 13.8. The summed E-state index contributed by atoms with van der Waals surface area (Å²) >= 11 is 0. The fraction of sp³-hybridized carbons (Fsp3) is 0.615. The number of amides is 2. The average Bonchev–Trinajstić information content (AvgIpc) is 3.36. The van der Waals surface area contributed by atoms with Crippen molar-refractivity contribution in [3.8, 4) is 0 Å². The number of nitrogens with one attached hydrogen (secondary N) is 1. The van der Waals surface area contributed by atoms with Crippen LogP contribution in [0.2, 0.25) is 0 Å². The lowest BCUT2D eigenvalue weighted by atomic mass is 9.93. The zero-order valence-corrected chi connectivity index (χ0v) is 19.3. The van der Waals surface area contributed by atoms with Crippen LogP contribution in [0.4, 0.5) is 0 Å². The molecular weight excluding hydrogens is 400 g/mol. The van der Waals surface area contributed by atoms with Crippen LogP contribution < -0.4 is 5.32 Å². The van der Waals surface area contributed by atoms with Gasteiger partial charge in [0.25, 0.3) is 5.91 Å². The van der Waals surface area contributed by atoms with E-state index in [-0.39, 0.29) is 17.9 Å². The molecule has 0 spiro atoms. The summed E-state index contributed by atoms with van der Waals surface area (Å²) < 4.78 is 2.07. The van der Waals surface area contributed by atoms with Gasteiger partial charge in [-0.25, -0.2) is 0 Å². The predicted molar refractivity (Wildman–Crippen MR) is 127 cm³/mol. The highest BCUT2D eigenvalue weighted by Crippen LogP contribution is 2.33. The van der Waals surface area contributed by atoms with Crippen molar-refractivity contribution in [2.45, 2.75) is 76.4 Å². The Kier molecular flexibility index (Phi) is 5.97. The highest BCUT2D eigenvalue weighted by atomic mass is 16.2. The number of fused-ring (bicyclic) bond motifs is 3. The summed E-state index contributed by atoms with van der Waals surface area (Å²) in [7, 11) is 0. The van der Waals surface area contributed by atoms with Gasteiger partial charge < -0.3 is 19.7 Å². The minimum absolute atomic E-state index is 0.00241. The van der Waals surface area contributed by atoms with E-state index in [1.54, 1.807) is 0 Å². The molecule has 2 aromatic rings. The molecule has 2 fully saturated rings. The zero-order chi connectivity index (χ0) is 22.1. The molecule has 1 saturated carbocycles. The third kappa shape index (κ3) is 3.94. The summed E-state index contributed by atoms with van der Waals surface area (Å²) in [6, 6.07) is 10.3. The largest absolute Gasteiger partial charge is 0.351 e. The molecule has 0 bridgehead atoms. The van der Waals surface area contributed by atoms with Crippen LogP contribution in [0.1, 0.15) is 68.8 Å². The number of rotatable bonds is 5. The number of carbonyl (C=O) groups is 2. The first-order valence-corrected chi connectivity index (χ1v) is 12.5. The van der Waals surface area contributed by atoms with E-state index in [1.165, 1.54) is 38.5 Å². The van der Waals surface area contributed by atoms with Crippen LogP contribution in [-0.4, -0.2) is 63.9 Å². The monoisotopic (exact) mass is 436 g/mol. The van der Waals surface area contributed by atoms with Crippen molar-refractivity contribution in [1.82, 2.24) is 19.7 Å². The summed E-state index contributed by atoms with van der Waals surface area (Å²) in [5.74, 6) is -0.0206. The Morgan fingerprint density at radius 3 is 2.50 bits per heavy atom. The highest BCUT2D eigenvalue weighted by Gasteiger charge is 2.48. The van der Waals surface area contributed by atoms with E-state index in [4.69, 9.17) is 0 Å². The van der Waals surface area contributed by atoms with Crippen LogP contribution >= 0.6 is 0 Å². The molecule has 1 aliphatic carbocycles. The topological polar surface area (TPSA) is 57.6 Å². The van der Waals surface area contributed by atoms with Gasteiger partial charge in [-0.15, -0.1) is 0 Å². The zero-order valence-electron chi connectivity index (χ0n) is 19.3. The van der Waals surface area contributed by atoms with Gasteiger partial charge in [-0.2, -0.15) is 0 Å². The molecule has 2 amide bonds. The van der Waals surface area contributed by atoms with Gasteiger partial charge in [0.2, 0.25) is 5.91 Å². The van der Waals surface area contributed by atoms with Crippen molar-refractivity contribution in [1.29, 1.82) is 0 Å². The predicted octanol–water partition coefficient (Wildman–Crippen LogP) is 3.79. The molecular formula is C26H36N4O2. The molecule has 6 nitrogen and oxygen atoms in total. The van der Waals surface area contributed by atoms with Gasteiger partial charge in [-0.05, 0) is 57.8 Å². The van der Waals surface area contributed by atoms with E-state index in [9.17, 15) is 9.59 Å². The van der Waals surface area contributed by atoms with Crippen molar-refractivity contribution >= 4 is 22.7 Å². The van der Waals surface area contributed by atoms with Gasteiger partial charge in [-0.1, -0.05) is 43.9 Å². The molecule has 2 aliphatic heterocycles. The number of benzene rings is 1. The van der Waals surface area contributed by atoms with Gasteiger partial charge in [0.1, 0.15) is 11.2 Å². The Balaban J connectivity index is 1.46. The van der Waals surface area contributed by atoms with Crippen LogP contribution in [0, 0.1) is 0 Å². The van der Waals surface area contributed by atoms with E-state index in [2.05, 4.69) is 20.9 Å². The second-order valence-electron chi connectivity index (χ2n) is 10.1. The van der Waals surface area contributed by atoms with E-state index in [1.807, 2.05) is 36.1 Å². The van der Waals surface area contributed by atoms with Crippen LogP contribution in [0.3, 0.4) is 0 Å². The molecule has 1 unspecified atom stereocenters. The highest BCUT2D eigenvalue weighted by molar-refractivity contribution is 6.03. The Morgan fingerprint density at radius 1 is 1.03 bits per heavy atom. The van der Waals surface area contributed by atoms with E-state index >= 15 is 0 Å². The fourth-order valence-corrected chi connectivity index (χ4v) is 5.87. The summed E-state index contributed by atoms with van der Waals surface area (Å²) in [4.78, 5) is 31.8.